The van der Waals surface area contributed by atoms with Gasteiger partial charge >= 0.3 is 0 Å². The minimum absolute atomic E-state index is 0.398. The monoisotopic (exact) mass is 788 g/mol. The van der Waals surface area contributed by atoms with Gasteiger partial charge in [0, 0.05) is 27.1 Å². The number of allylic oxidation sites excluding steroid dienone is 4. The van der Waals surface area contributed by atoms with Crippen LogP contribution in [0.2, 0.25) is 0 Å². The Morgan fingerprint density at radius 2 is 0.952 bits per heavy atom. The fraction of sp³-hybridized carbons (Fsp3) is 0.0370. The summed E-state index contributed by atoms with van der Waals surface area (Å²) in [7, 11) is 0. The molecule has 1 aliphatic rings. The molecule has 62 heavy (non-hydrogen) atoms. The van der Waals surface area contributed by atoms with Crippen LogP contribution in [0.25, 0.3) is 82.8 Å². The molecule has 1 unspecified atom stereocenters. The second kappa shape index (κ2) is 14.7. The van der Waals surface area contributed by atoms with E-state index in [2.05, 4.69) is 69.8 Å². The lowest BCUT2D eigenvalue weighted by molar-refractivity contribution is 0.846. The van der Waals surface area contributed by atoms with E-state index < -0.39 is 5.92 Å². The van der Waals surface area contributed by atoms with Crippen molar-refractivity contribution in [2.45, 2.75) is 6.42 Å². The summed E-state index contributed by atoms with van der Waals surface area (Å²) in [5.74, 6) is -0.404. The number of hydrogen-bond acceptors (Lipinski definition) is 6. The zero-order valence-corrected chi connectivity index (χ0v) is 32.8. The summed E-state index contributed by atoms with van der Waals surface area (Å²) >= 11 is 0. The third-order valence-corrected chi connectivity index (χ3v) is 11.7. The quantitative estimate of drug-likeness (QED) is 0.169. The Morgan fingerprint density at radius 3 is 1.53 bits per heavy atom. The Labute approximate surface area is 356 Å². The van der Waals surface area contributed by atoms with Crippen LogP contribution < -0.4 is 0 Å². The van der Waals surface area contributed by atoms with Crippen LogP contribution in [0, 0.1) is 73.9 Å². The van der Waals surface area contributed by atoms with Gasteiger partial charge in [-0.25, -0.2) is 0 Å². The zero-order chi connectivity index (χ0) is 42.5. The molecule has 0 aliphatic heterocycles. The van der Waals surface area contributed by atoms with E-state index in [1.165, 1.54) is 0 Å². The predicted octanol–water partition coefficient (Wildman–Crippen LogP) is 12.1. The fourth-order valence-electron chi connectivity index (χ4n) is 8.94. The molecule has 0 N–H and O–H groups in total. The molecular formula is C54H28N8. The van der Waals surface area contributed by atoms with E-state index in [1.807, 2.05) is 97.1 Å². The fourth-order valence-corrected chi connectivity index (χ4v) is 8.94. The van der Waals surface area contributed by atoms with Crippen LogP contribution in [-0.4, -0.2) is 9.13 Å². The Morgan fingerprint density at radius 1 is 0.419 bits per heavy atom. The SMILES string of the molecule is N#CC1=CC(C#N)CC(c2ccc3c(c2)c2ccccc2n3-c2cc(-c3cccc(C#N)c3)cc(-n3c4ccccc4c4cc(-c5cc(C#N)cc(C#N)c5)ccc43)c2C#N)=C1. The highest BCUT2D eigenvalue weighted by atomic mass is 15.0. The van der Waals surface area contributed by atoms with E-state index in [4.69, 9.17) is 0 Å². The summed E-state index contributed by atoms with van der Waals surface area (Å²) in [5, 5.41) is 64.2. The summed E-state index contributed by atoms with van der Waals surface area (Å²) in [4.78, 5) is 0. The van der Waals surface area contributed by atoms with E-state index in [1.54, 1.807) is 30.3 Å². The van der Waals surface area contributed by atoms with E-state index >= 15 is 0 Å². The molecule has 0 radical (unpaired) electrons. The summed E-state index contributed by atoms with van der Waals surface area (Å²) in [6.07, 6.45) is 4.06. The predicted molar refractivity (Wildman–Crippen MR) is 240 cm³/mol. The van der Waals surface area contributed by atoms with Gasteiger partial charge in [-0.3, -0.25) is 0 Å². The van der Waals surface area contributed by atoms with Gasteiger partial charge in [0.2, 0.25) is 0 Å². The Hall–Kier alpha value is -9.44. The number of nitrogens with zero attached hydrogens (tertiary/aromatic N) is 8. The van der Waals surface area contributed by atoms with Crippen molar-refractivity contribution >= 4 is 49.2 Å². The number of nitriles is 6. The van der Waals surface area contributed by atoms with Crippen LogP contribution >= 0.6 is 0 Å². The van der Waals surface area contributed by atoms with Crippen LogP contribution in [-0.2, 0) is 0 Å². The summed E-state index contributed by atoms with van der Waals surface area (Å²) in [6, 6.07) is 58.8. The van der Waals surface area contributed by atoms with Crippen LogP contribution in [0.4, 0.5) is 0 Å². The number of hydrogen-bond donors (Lipinski definition) is 0. The maximum atomic E-state index is 11.4. The van der Waals surface area contributed by atoms with Gasteiger partial charge in [-0.15, -0.1) is 0 Å². The summed E-state index contributed by atoms with van der Waals surface area (Å²) < 4.78 is 4.25. The first-order valence-corrected chi connectivity index (χ1v) is 19.8. The molecule has 0 saturated heterocycles. The lowest BCUT2D eigenvalue weighted by Gasteiger charge is -2.19. The van der Waals surface area contributed by atoms with Crippen molar-refractivity contribution in [2.24, 2.45) is 5.92 Å². The smallest absolute Gasteiger partial charge is 0.104 e. The first-order valence-electron chi connectivity index (χ1n) is 19.8. The number of para-hydroxylation sites is 2. The van der Waals surface area contributed by atoms with E-state index in [-0.39, 0.29) is 0 Å². The molecule has 7 aromatic carbocycles. The first kappa shape index (κ1) is 36.9. The van der Waals surface area contributed by atoms with Crippen molar-refractivity contribution < 1.29 is 0 Å². The molecule has 1 aliphatic carbocycles. The third-order valence-electron chi connectivity index (χ3n) is 11.7. The Bertz CT molecular complexity index is 3720. The standard InChI is InChI=1S/C54H28N8/c55-27-33-6-5-7-38(18-33)43-25-53(61-49-10-3-1-8-44(49)46-23-39(12-14-51(46)61)41-19-34(28-56)16-35(20-41)29-57)48(32-60)54(26-43)62-50-11-4-2-9-45(50)47-24-40(13-15-52(47)62)42-21-36(30-58)17-37(22-42)31-59/h1-21,23-26,37H,22H2. The van der Waals surface area contributed by atoms with Gasteiger partial charge in [0.15, 0.2) is 0 Å². The molecule has 0 spiro atoms. The normalized spacial score (nSPS) is 13.4. The second-order valence-corrected chi connectivity index (χ2v) is 15.2. The highest BCUT2D eigenvalue weighted by molar-refractivity contribution is 6.12. The zero-order valence-electron chi connectivity index (χ0n) is 32.8. The molecule has 9 aromatic rings. The summed E-state index contributed by atoms with van der Waals surface area (Å²) in [5.41, 5.74) is 12.0. The molecule has 1 atom stereocenters. The third kappa shape index (κ3) is 5.94. The topological polar surface area (TPSA) is 153 Å². The lowest BCUT2D eigenvalue weighted by atomic mass is 9.87. The van der Waals surface area contributed by atoms with Crippen molar-refractivity contribution in [3.63, 3.8) is 0 Å². The average molecular weight is 789 g/mol. The molecular weight excluding hydrogens is 761 g/mol. The van der Waals surface area contributed by atoms with Gasteiger partial charge in [0.25, 0.3) is 0 Å². The molecule has 8 nitrogen and oxygen atoms in total. The van der Waals surface area contributed by atoms with Gasteiger partial charge in [0.1, 0.15) is 11.6 Å². The number of rotatable bonds is 5. The van der Waals surface area contributed by atoms with Crippen LogP contribution in [0.5, 0.6) is 0 Å². The highest BCUT2D eigenvalue weighted by Gasteiger charge is 2.24. The van der Waals surface area contributed by atoms with Gasteiger partial charge in [0.05, 0.1) is 86.4 Å². The van der Waals surface area contributed by atoms with Gasteiger partial charge in [-0.1, -0.05) is 60.7 Å². The molecule has 0 saturated carbocycles. The minimum Gasteiger partial charge on any atom is -0.308 e. The molecule has 0 bridgehead atoms. The number of fused-ring (bicyclic) bond motifs is 6. The van der Waals surface area contributed by atoms with Crippen LogP contribution in [0.15, 0.2) is 157 Å². The molecule has 10 rings (SSSR count). The molecule has 0 amide bonds. The number of benzene rings is 7. The van der Waals surface area contributed by atoms with Gasteiger partial charge in [-0.05, 0) is 131 Å². The van der Waals surface area contributed by atoms with Crippen molar-refractivity contribution in [1.29, 1.82) is 31.6 Å². The molecule has 2 aromatic heterocycles. The Kier molecular flexibility index (Phi) is 8.77. The molecule has 8 heteroatoms. The first-order chi connectivity index (χ1) is 30.4. The van der Waals surface area contributed by atoms with Crippen LogP contribution in [0.1, 0.15) is 34.2 Å². The highest BCUT2D eigenvalue weighted by Crippen LogP contribution is 2.42. The lowest BCUT2D eigenvalue weighted by Crippen LogP contribution is -2.05. The Balaban J connectivity index is 1.27. The second-order valence-electron chi connectivity index (χ2n) is 15.2. The van der Waals surface area contributed by atoms with Crippen molar-refractivity contribution in [1.82, 2.24) is 9.13 Å². The van der Waals surface area contributed by atoms with E-state index in [9.17, 15) is 31.6 Å². The van der Waals surface area contributed by atoms with Crippen molar-refractivity contribution in [2.75, 3.05) is 0 Å². The largest absolute Gasteiger partial charge is 0.308 e. The van der Waals surface area contributed by atoms with Crippen molar-refractivity contribution in [3.8, 4) is 70.0 Å². The van der Waals surface area contributed by atoms with E-state index in [0.29, 0.717) is 45.6 Å². The number of aromatic nitrogens is 2. The van der Waals surface area contributed by atoms with Gasteiger partial charge < -0.3 is 9.13 Å². The van der Waals surface area contributed by atoms with Crippen molar-refractivity contribution in [3.05, 3.63) is 185 Å². The maximum absolute atomic E-state index is 11.4. The molecule has 284 valence electrons. The average Bonchev–Trinajstić information content (AvgIpc) is 3.85. The molecule has 2 heterocycles. The minimum atomic E-state index is -0.404. The molecule has 0 fully saturated rings. The van der Waals surface area contributed by atoms with E-state index in [0.717, 1.165) is 77.0 Å². The summed E-state index contributed by atoms with van der Waals surface area (Å²) in [6.45, 7) is 0. The maximum Gasteiger partial charge on any atom is 0.104 e. The van der Waals surface area contributed by atoms with Gasteiger partial charge in [-0.2, -0.15) is 31.6 Å². The van der Waals surface area contributed by atoms with Crippen LogP contribution in [0.3, 0.4) is 0 Å².